The fraction of sp³-hybridized carbons (Fsp3) is 0.259. The minimum Gasteiger partial charge on any atom is -0.497 e. The molecule has 9 heteroatoms. The van der Waals surface area contributed by atoms with E-state index in [2.05, 4.69) is 0 Å². The van der Waals surface area contributed by atoms with Gasteiger partial charge in [-0.25, -0.2) is 9.80 Å². The molecule has 0 fully saturated rings. The third-order valence-electron chi connectivity index (χ3n) is 6.48. The summed E-state index contributed by atoms with van der Waals surface area (Å²) in [5.41, 5.74) is 3.05. The summed E-state index contributed by atoms with van der Waals surface area (Å²) in [5, 5.41) is 16.9. The molecule has 186 valence electrons. The monoisotopic (exact) mass is 490 g/mol. The highest BCUT2D eigenvalue weighted by molar-refractivity contribution is 6.02. The van der Waals surface area contributed by atoms with Crippen molar-refractivity contribution in [1.82, 2.24) is 5.01 Å². The maximum atomic E-state index is 12.4. The van der Waals surface area contributed by atoms with Gasteiger partial charge in [0.2, 0.25) is 6.23 Å². The Hall–Kier alpha value is -4.40. The van der Waals surface area contributed by atoms with Crippen molar-refractivity contribution < 1.29 is 33.6 Å². The lowest BCUT2D eigenvalue weighted by Gasteiger charge is -2.39. The van der Waals surface area contributed by atoms with Crippen molar-refractivity contribution in [3.8, 4) is 28.7 Å². The van der Waals surface area contributed by atoms with Gasteiger partial charge in [-0.15, -0.1) is 0 Å². The molecule has 5 rings (SSSR count). The number of para-hydroxylation sites is 1. The molecule has 2 heterocycles. The molecule has 0 radical (unpaired) electrons. The number of ether oxygens (including phenoxy) is 5. The predicted octanol–water partition coefficient (Wildman–Crippen LogP) is 4.66. The van der Waals surface area contributed by atoms with Crippen molar-refractivity contribution in [3.63, 3.8) is 0 Å². The molecule has 0 bridgehead atoms. The van der Waals surface area contributed by atoms with E-state index in [0.29, 0.717) is 29.2 Å². The summed E-state index contributed by atoms with van der Waals surface area (Å²) in [5.74, 6) is 1.14. The molecule has 3 aromatic rings. The van der Waals surface area contributed by atoms with Gasteiger partial charge in [0.25, 0.3) is 0 Å². The number of carboxylic acids is 1. The number of rotatable bonds is 7. The third-order valence-corrected chi connectivity index (χ3v) is 6.48. The van der Waals surface area contributed by atoms with Crippen molar-refractivity contribution >= 4 is 11.7 Å². The molecule has 0 aliphatic carbocycles. The highest BCUT2D eigenvalue weighted by atomic mass is 16.5. The third kappa shape index (κ3) is 3.73. The van der Waals surface area contributed by atoms with Crippen LogP contribution in [-0.2, 0) is 0 Å². The molecule has 2 aliphatic rings. The molecule has 0 saturated heterocycles. The second kappa shape index (κ2) is 9.33. The molecule has 1 N–H and O–H groups in total. The number of hydrogen-bond acceptors (Lipinski definition) is 8. The van der Waals surface area contributed by atoms with Crippen LogP contribution in [0, 0.1) is 0 Å². The van der Waals surface area contributed by atoms with Crippen LogP contribution in [0.1, 0.15) is 45.7 Å². The van der Waals surface area contributed by atoms with E-state index in [-0.39, 0.29) is 17.4 Å². The van der Waals surface area contributed by atoms with Crippen molar-refractivity contribution in [3.05, 3.63) is 76.9 Å². The Kier molecular flexibility index (Phi) is 6.05. The van der Waals surface area contributed by atoms with Crippen LogP contribution in [0.15, 0.2) is 59.7 Å². The van der Waals surface area contributed by atoms with Gasteiger partial charge in [-0.1, -0.05) is 12.1 Å². The average molecular weight is 491 g/mol. The predicted molar refractivity (Wildman–Crippen MR) is 132 cm³/mol. The first-order valence-electron chi connectivity index (χ1n) is 11.3. The van der Waals surface area contributed by atoms with Crippen LogP contribution in [0.2, 0.25) is 0 Å². The van der Waals surface area contributed by atoms with E-state index in [1.165, 1.54) is 14.2 Å². The quantitative estimate of drug-likeness (QED) is 0.511. The number of hydrazone groups is 1. The Morgan fingerprint density at radius 3 is 2.31 bits per heavy atom. The minimum absolute atomic E-state index is 0.0490. The van der Waals surface area contributed by atoms with E-state index in [1.54, 1.807) is 26.4 Å². The Balaban J connectivity index is 1.68. The van der Waals surface area contributed by atoms with Gasteiger partial charge in [0, 0.05) is 17.5 Å². The number of nitrogens with zero attached hydrogens (tertiary/aromatic N) is 2. The first-order chi connectivity index (χ1) is 17.5. The van der Waals surface area contributed by atoms with Gasteiger partial charge < -0.3 is 28.8 Å². The van der Waals surface area contributed by atoms with E-state index in [4.69, 9.17) is 28.8 Å². The van der Waals surface area contributed by atoms with Crippen LogP contribution in [0.4, 0.5) is 0 Å². The second-order valence-corrected chi connectivity index (χ2v) is 8.29. The number of hydrogen-bond donors (Lipinski definition) is 1. The van der Waals surface area contributed by atoms with Gasteiger partial charge in [0.1, 0.15) is 11.3 Å². The van der Waals surface area contributed by atoms with E-state index < -0.39 is 12.2 Å². The van der Waals surface area contributed by atoms with Gasteiger partial charge in [0.15, 0.2) is 23.0 Å². The zero-order chi connectivity index (χ0) is 25.4. The smallest absolute Gasteiger partial charge is 0.340 e. The van der Waals surface area contributed by atoms with Crippen LogP contribution < -0.4 is 23.7 Å². The number of carboxylic acid groups (broad SMARTS) is 1. The Bertz CT molecular complexity index is 1340. The highest BCUT2D eigenvalue weighted by Crippen LogP contribution is 2.52. The fourth-order valence-electron chi connectivity index (χ4n) is 4.78. The molecule has 0 spiro atoms. The van der Waals surface area contributed by atoms with Crippen LogP contribution in [0.3, 0.4) is 0 Å². The molecular weight excluding hydrogens is 464 g/mol. The number of fused-ring (bicyclic) bond motifs is 3. The molecule has 0 aromatic heterocycles. The van der Waals surface area contributed by atoms with Gasteiger partial charge >= 0.3 is 5.97 Å². The average Bonchev–Trinajstić information content (AvgIpc) is 3.37. The molecule has 2 atom stereocenters. The summed E-state index contributed by atoms with van der Waals surface area (Å²) in [7, 11) is 6.07. The zero-order valence-electron chi connectivity index (χ0n) is 20.3. The van der Waals surface area contributed by atoms with Crippen LogP contribution in [0.5, 0.6) is 28.7 Å². The fourth-order valence-corrected chi connectivity index (χ4v) is 4.78. The molecule has 9 nitrogen and oxygen atoms in total. The summed E-state index contributed by atoms with van der Waals surface area (Å²) in [6, 6.07) is 16.5. The Morgan fingerprint density at radius 2 is 1.67 bits per heavy atom. The van der Waals surface area contributed by atoms with Crippen molar-refractivity contribution in [1.29, 1.82) is 0 Å². The van der Waals surface area contributed by atoms with Gasteiger partial charge in [-0.3, -0.25) is 0 Å². The van der Waals surface area contributed by atoms with Gasteiger partial charge in [0.05, 0.1) is 40.2 Å². The molecular formula is C27H26N2O7. The molecule has 2 aliphatic heterocycles. The maximum absolute atomic E-state index is 12.4. The number of benzene rings is 3. The summed E-state index contributed by atoms with van der Waals surface area (Å²) in [4.78, 5) is 12.4. The SMILES string of the molecule is COc1ccc(C2=NN3[C@H](C2)c2cccc(OC)c2O[C@H]3c2ccc(OC)c(OC)c2C(=O)O)cc1. The first-order valence-corrected chi connectivity index (χ1v) is 11.3. The van der Waals surface area contributed by atoms with E-state index in [1.807, 2.05) is 47.5 Å². The number of aromatic carboxylic acids is 1. The van der Waals surface area contributed by atoms with E-state index >= 15 is 0 Å². The molecule has 0 unspecified atom stereocenters. The van der Waals surface area contributed by atoms with Crippen molar-refractivity contribution in [2.24, 2.45) is 5.10 Å². The Morgan fingerprint density at radius 1 is 0.917 bits per heavy atom. The standard InChI is InChI=1S/C27H26N2O7/c1-32-16-10-8-15(9-11-16)19-14-20-17-6-5-7-21(33-2)24(17)36-26(29(20)28-19)18-12-13-22(34-3)25(35-4)23(18)27(30)31/h5-13,20,26H,14H2,1-4H3,(H,30,31)/t20-,26+/m1/s1. The highest BCUT2D eigenvalue weighted by Gasteiger charge is 2.44. The minimum atomic E-state index is -1.16. The number of carbonyl (C=O) groups is 1. The second-order valence-electron chi connectivity index (χ2n) is 8.29. The van der Waals surface area contributed by atoms with Crippen LogP contribution >= 0.6 is 0 Å². The lowest BCUT2D eigenvalue weighted by molar-refractivity contribution is -0.0217. The number of methoxy groups -OCH3 is 4. The van der Waals surface area contributed by atoms with E-state index in [9.17, 15) is 9.90 Å². The lowest BCUT2D eigenvalue weighted by atomic mass is 9.94. The summed E-state index contributed by atoms with van der Waals surface area (Å²) < 4.78 is 28.1. The van der Waals surface area contributed by atoms with E-state index in [0.717, 1.165) is 22.6 Å². The largest absolute Gasteiger partial charge is 0.497 e. The molecule has 36 heavy (non-hydrogen) atoms. The van der Waals surface area contributed by atoms with Gasteiger partial charge in [-0.2, -0.15) is 5.10 Å². The first kappa shape index (κ1) is 23.3. The zero-order valence-corrected chi connectivity index (χ0v) is 20.3. The summed E-state index contributed by atoms with van der Waals surface area (Å²) >= 11 is 0. The molecule has 0 saturated carbocycles. The lowest BCUT2D eigenvalue weighted by Crippen LogP contribution is -2.35. The molecule has 3 aromatic carbocycles. The topological polar surface area (TPSA) is 99.1 Å². The van der Waals surface area contributed by atoms with Crippen LogP contribution in [-0.4, -0.2) is 50.2 Å². The normalized spacial score (nSPS) is 17.9. The summed E-state index contributed by atoms with van der Waals surface area (Å²) in [6.07, 6.45) is -0.248. The van der Waals surface area contributed by atoms with Crippen molar-refractivity contribution in [2.45, 2.75) is 18.7 Å². The summed E-state index contributed by atoms with van der Waals surface area (Å²) in [6.45, 7) is 0. The Labute approximate surface area is 208 Å². The van der Waals surface area contributed by atoms with Crippen molar-refractivity contribution in [2.75, 3.05) is 28.4 Å². The maximum Gasteiger partial charge on any atom is 0.340 e. The van der Waals surface area contributed by atoms with Gasteiger partial charge in [-0.05, 0) is 48.0 Å². The van der Waals surface area contributed by atoms with Crippen LogP contribution in [0.25, 0.3) is 0 Å². The molecule has 0 amide bonds.